The third-order valence-electron chi connectivity index (χ3n) is 4.88. The van der Waals surface area contributed by atoms with Crippen LogP contribution in [0.2, 0.25) is 0 Å². The monoisotopic (exact) mass is 329 g/mol. The molecule has 0 bridgehead atoms. The Hall–Kier alpha value is -1.63. The Morgan fingerprint density at radius 3 is 2.58 bits per heavy atom. The largest absolute Gasteiger partial charge is 0.329 e. The van der Waals surface area contributed by atoms with E-state index in [2.05, 4.69) is 48.6 Å². The summed E-state index contributed by atoms with van der Waals surface area (Å²) in [5.74, 6) is 0.780. The molecular formula is C21H35N3. The molecule has 2 aliphatic rings. The molecule has 0 saturated heterocycles. The SMILES string of the molecule is C/C(=C\c1ccccc1)[C@@H]1C[C@H]1NC1CCCCC1.N#CCCN.[HH].[HH]. The Balaban J connectivity index is 0.000000798. The number of nitrogens with zero attached hydrogens (tertiary/aromatic N) is 1. The summed E-state index contributed by atoms with van der Waals surface area (Å²) in [6, 6.07) is 14.1. The van der Waals surface area contributed by atoms with Crippen molar-refractivity contribution in [1.82, 2.24) is 5.32 Å². The van der Waals surface area contributed by atoms with Crippen LogP contribution in [-0.4, -0.2) is 18.6 Å². The standard InChI is InChI=1S/C18H25N.C3H6N2.2H2/c1-14(12-15-8-4-2-5-9-15)17-13-18(17)19-16-10-6-3-7-11-16;4-2-1-3-5;;/h2,4-5,8-9,12,16-19H,3,6-7,10-11,13H2,1H3;1-2,4H2;2*1H/b14-12+;;;/t17-,18+;;;/m0.../s1. The van der Waals surface area contributed by atoms with Crippen molar-refractivity contribution in [3.05, 3.63) is 41.5 Å². The molecule has 3 nitrogen and oxygen atoms in total. The van der Waals surface area contributed by atoms with E-state index in [4.69, 9.17) is 11.0 Å². The lowest BCUT2D eigenvalue weighted by Crippen LogP contribution is -2.33. The van der Waals surface area contributed by atoms with E-state index in [0.717, 1.165) is 18.0 Å². The number of hydrogen-bond donors (Lipinski definition) is 2. The molecule has 134 valence electrons. The van der Waals surface area contributed by atoms with Crippen LogP contribution in [0.4, 0.5) is 0 Å². The van der Waals surface area contributed by atoms with Crippen molar-refractivity contribution in [3.8, 4) is 6.07 Å². The average molecular weight is 330 g/mol. The van der Waals surface area contributed by atoms with Gasteiger partial charge >= 0.3 is 0 Å². The molecule has 2 atom stereocenters. The van der Waals surface area contributed by atoms with Crippen LogP contribution in [0.5, 0.6) is 0 Å². The second-order valence-corrected chi connectivity index (χ2v) is 6.95. The van der Waals surface area contributed by atoms with Gasteiger partial charge in [0.25, 0.3) is 0 Å². The lowest BCUT2D eigenvalue weighted by Gasteiger charge is -2.23. The number of hydrogen-bond acceptors (Lipinski definition) is 3. The zero-order valence-electron chi connectivity index (χ0n) is 14.9. The van der Waals surface area contributed by atoms with Gasteiger partial charge in [0.1, 0.15) is 0 Å². The summed E-state index contributed by atoms with van der Waals surface area (Å²) >= 11 is 0. The van der Waals surface area contributed by atoms with Crippen LogP contribution in [0.1, 0.15) is 60.3 Å². The van der Waals surface area contributed by atoms with E-state index in [1.165, 1.54) is 44.1 Å². The molecule has 2 saturated carbocycles. The van der Waals surface area contributed by atoms with Gasteiger partial charge in [-0.05, 0) is 37.7 Å². The van der Waals surface area contributed by atoms with Crippen molar-refractivity contribution in [2.24, 2.45) is 11.7 Å². The van der Waals surface area contributed by atoms with Crippen LogP contribution in [0.3, 0.4) is 0 Å². The van der Waals surface area contributed by atoms with Gasteiger partial charge in [0.05, 0.1) is 6.07 Å². The lowest BCUT2D eigenvalue weighted by atomic mass is 9.95. The third kappa shape index (κ3) is 6.47. The van der Waals surface area contributed by atoms with Gasteiger partial charge in [-0.1, -0.05) is 61.2 Å². The topological polar surface area (TPSA) is 61.8 Å². The minimum atomic E-state index is 0. The first-order valence-electron chi connectivity index (χ1n) is 9.31. The maximum atomic E-state index is 7.74. The highest BCUT2D eigenvalue weighted by Crippen LogP contribution is 2.39. The second-order valence-electron chi connectivity index (χ2n) is 6.95. The van der Waals surface area contributed by atoms with E-state index in [1.807, 2.05) is 6.07 Å². The van der Waals surface area contributed by atoms with E-state index in [1.54, 1.807) is 5.57 Å². The van der Waals surface area contributed by atoms with Gasteiger partial charge in [0.15, 0.2) is 0 Å². The first kappa shape index (κ1) is 18.7. The maximum Gasteiger partial charge on any atom is 0.0635 e. The van der Waals surface area contributed by atoms with Crippen LogP contribution >= 0.6 is 0 Å². The molecule has 0 radical (unpaired) electrons. The molecule has 3 heteroatoms. The number of nitrogens with one attached hydrogen (secondary N) is 1. The van der Waals surface area contributed by atoms with Crippen molar-refractivity contribution in [3.63, 3.8) is 0 Å². The Morgan fingerprint density at radius 2 is 2.00 bits per heavy atom. The summed E-state index contributed by atoms with van der Waals surface area (Å²) in [7, 11) is 0. The van der Waals surface area contributed by atoms with Crippen molar-refractivity contribution in [1.29, 1.82) is 5.26 Å². The lowest BCUT2D eigenvalue weighted by molar-refractivity contribution is 0.368. The predicted molar refractivity (Wildman–Crippen MR) is 106 cm³/mol. The highest BCUT2D eigenvalue weighted by Gasteiger charge is 2.39. The molecule has 2 fully saturated rings. The minimum absolute atomic E-state index is 0. The molecule has 0 spiro atoms. The van der Waals surface area contributed by atoms with Crippen molar-refractivity contribution in [2.75, 3.05) is 6.54 Å². The predicted octanol–water partition coefficient (Wildman–Crippen LogP) is 4.75. The highest BCUT2D eigenvalue weighted by molar-refractivity contribution is 5.53. The minimum Gasteiger partial charge on any atom is -0.329 e. The Kier molecular flexibility index (Phi) is 8.01. The van der Waals surface area contributed by atoms with Gasteiger partial charge in [-0.3, -0.25) is 0 Å². The van der Waals surface area contributed by atoms with Crippen LogP contribution in [0.15, 0.2) is 35.9 Å². The fourth-order valence-electron chi connectivity index (χ4n) is 3.44. The van der Waals surface area contributed by atoms with E-state index >= 15 is 0 Å². The van der Waals surface area contributed by atoms with Gasteiger partial charge in [-0.25, -0.2) is 0 Å². The summed E-state index contributed by atoms with van der Waals surface area (Å²) in [5, 5.41) is 11.6. The number of rotatable bonds is 5. The van der Waals surface area contributed by atoms with Gasteiger partial charge in [0.2, 0.25) is 0 Å². The van der Waals surface area contributed by atoms with Gasteiger partial charge < -0.3 is 11.1 Å². The van der Waals surface area contributed by atoms with Crippen molar-refractivity contribution < 1.29 is 2.85 Å². The third-order valence-corrected chi connectivity index (χ3v) is 4.88. The fraction of sp³-hybridized carbons (Fsp3) is 0.571. The molecule has 0 aliphatic heterocycles. The van der Waals surface area contributed by atoms with Crippen molar-refractivity contribution >= 4 is 6.08 Å². The maximum absolute atomic E-state index is 7.74. The molecule has 3 N–H and O–H groups in total. The summed E-state index contributed by atoms with van der Waals surface area (Å²) in [6.45, 7) is 2.77. The quantitative estimate of drug-likeness (QED) is 0.819. The van der Waals surface area contributed by atoms with E-state index < -0.39 is 0 Å². The molecule has 0 unspecified atom stereocenters. The van der Waals surface area contributed by atoms with E-state index in [0.29, 0.717) is 13.0 Å². The van der Waals surface area contributed by atoms with E-state index in [-0.39, 0.29) is 2.85 Å². The van der Waals surface area contributed by atoms with Gasteiger partial charge in [-0.15, -0.1) is 0 Å². The molecule has 1 aromatic rings. The normalized spacial score (nSPS) is 23.8. The molecule has 0 amide bonds. The van der Waals surface area contributed by atoms with Crippen LogP contribution < -0.4 is 11.1 Å². The zero-order chi connectivity index (χ0) is 17.2. The van der Waals surface area contributed by atoms with Crippen LogP contribution in [-0.2, 0) is 0 Å². The molecule has 0 heterocycles. The second kappa shape index (κ2) is 10.3. The summed E-state index contributed by atoms with van der Waals surface area (Å²) < 4.78 is 0. The Morgan fingerprint density at radius 1 is 1.29 bits per heavy atom. The molecule has 24 heavy (non-hydrogen) atoms. The van der Waals surface area contributed by atoms with Gasteiger partial charge in [0, 0.05) is 27.9 Å². The number of nitriles is 1. The Bertz CT molecular complexity index is 548. The summed E-state index contributed by atoms with van der Waals surface area (Å²) in [6.07, 6.45) is 11.2. The molecule has 0 aromatic heterocycles. The zero-order valence-corrected chi connectivity index (χ0v) is 14.9. The van der Waals surface area contributed by atoms with E-state index in [9.17, 15) is 0 Å². The number of nitrogens with two attached hydrogens (primary N) is 1. The van der Waals surface area contributed by atoms with Gasteiger partial charge in [-0.2, -0.15) is 5.26 Å². The van der Waals surface area contributed by atoms with Crippen LogP contribution in [0.25, 0.3) is 6.08 Å². The average Bonchev–Trinajstić information content (AvgIpc) is 3.37. The summed E-state index contributed by atoms with van der Waals surface area (Å²) in [5.41, 5.74) is 7.79. The number of benzene rings is 1. The first-order chi connectivity index (χ1) is 11.7. The Labute approximate surface area is 149 Å². The van der Waals surface area contributed by atoms with Crippen LogP contribution in [0, 0.1) is 17.2 Å². The van der Waals surface area contributed by atoms with Crippen molar-refractivity contribution in [2.45, 2.75) is 64.0 Å². The fourth-order valence-corrected chi connectivity index (χ4v) is 3.44. The smallest absolute Gasteiger partial charge is 0.0635 e. The molecular weight excluding hydrogens is 294 g/mol. The summed E-state index contributed by atoms with van der Waals surface area (Å²) in [4.78, 5) is 0. The first-order valence-corrected chi connectivity index (χ1v) is 9.31. The molecule has 2 aliphatic carbocycles. The highest BCUT2D eigenvalue weighted by atomic mass is 15.0. The molecule has 1 aromatic carbocycles. The molecule has 3 rings (SSSR count).